The summed E-state index contributed by atoms with van der Waals surface area (Å²) in [5.41, 5.74) is 7.23. The van der Waals surface area contributed by atoms with Gasteiger partial charge >= 0.3 is 0 Å². The van der Waals surface area contributed by atoms with Crippen molar-refractivity contribution >= 4 is 11.6 Å². The molecule has 0 amide bonds. The predicted octanol–water partition coefficient (Wildman–Crippen LogP) is 2.19. The molecule has 4 heteroatoms. The van der Waals surface area contributed by atoms with Crippen molar-refractivity contribution in [2.24, 2.45) is 5.73 Å². The third-order valence-electron chi connectivity index (χ3n) is 3.80. The Kier molecular flexibility index (Phi) is 5.64. The van der Waals surface area contributed by atoms with E-state index in [1.165, 1.54) is 5.56 Å². The van der Waals surface area contributed by atoms with Crippen molar-refractivity contribution in [3.8, 4) is 0 Å². The molecule has 106 valence electrons. The number of hydrogen-bond acceptors (Lipinski definition) is 3. The summed E-state index contributed by atoms with van der Waals surface area (Å²) in [6, 6.07) is 8.52. The highest BCUT2D eigenvalue weighted by atomic mass is 35.5. The third-order valence-corrected chi connectivity index (χ3v) is 4.05. The highest BCUT2D eigenvalue weighted by Crippen LogP contribution is 2.11. The monoisotopic (exact) mass is 281 g/mol. The van der Waals surface area contributed by atoms with E-state index in [0.717, 1.165) is 50.6 Å². The standard InChI is InChI=1S/C15H24ClN3/c1-18(12-13-2-4-14(16)5-3-13)10-11-19-8-6-15(17)7-9-19/h2-5,15H,6-12,17H2,1H3. The lowest BCUT2D eigenvalue weighted by atomic mass is 10.1. The molecule has 1 aliphatic heterocycles. The maximum Gasteiger partial charge on any atom is 0.0406 e. The molecule has 0 atom stereocenters. The highest BCUT2D eigenvalue weighted by Gasteiger charge is 2.15. The minimum atomic E-state index is 0.419. The van der Waals surface area contributed by atoms with Gasteiger partial charge in [0.15, 0.2) is 0 Å². The van der Waals surface area contributed by atoms with Gasteiger partial charge in [0.1, 0.15) is 0 Å². The van der Waals surface area contributed by atoms with Gasteiger partial charge in [0.25, 0.3) is 0 Å². The second-order valence-electron chi connectivity index (χ2n) is 5.54. The van der Waals surface area contributed by atoms with Crippen LogP contribution in [0.25, 0.3) is 0 Å². The van der Waals surface area contributed by atoms with E-state index >= 15 is 0 Å². The van der Waals surface area contributed by atoms with Crippen LogP contribution in [-0.4, -0.2) is 49.1 Å². The van der Waals surface area contributed by atoms with Crippen LogP contribution >= 0.6 is 11.6 Å². The van der Waals surface area contributed by atoms with Gasteiger partial charge in [0.05, 0.1) is 0 Å². The van der Waals surface area contributed by atoms with Crippen molar-refractivity contribution < 1.29 is 0 Å². The van der Waals surface area contributed by atoms with Crippen molar-refractivity contribution in [1.29, 1.82) is 0 Å². The van der Waals surface area contributed by atoms with Crippen LogP contribution < -0.4 is 5.73 Å². The van der Waals surface area contributed by atoms with Crippen LogP contribution in [0.3, 0.4) is 0 Å². The van der Waals surface area contributed by atoms with Gasteiger partial charge in [-0.15, -0.1) is 0 Å². The van der Waals surface area contributed by atoms with Crippen molar-refractivity contribution in [2.75, 3.05) is 33.2 Å². The lowest BCUT2D eigenvalue weighted by Gasteiger charge is -2.31. The summed E-state index contributed by atoms with van der Waals surface area (Å²) < 4.78 is 0. The zero-order valence-corrected chi connectivity index (χ0v) is 12.4. The Labute approximate surface area is 121 Å². The fourth-order valence-electron chi connectivity index (χ4n) is 2.47. The molecule has 1 saturated heterocycles. The van der Waals surface area contributed by atoms with Crippen LogP contribution in [0, 0.1) is 0 Å². The van der Waals surface area contributed by atoms with E-state index in [-0.39, 0.29) is 0 Å². The number of halogens is 1. The van der Waals surface area contributed by atoms with Gasteiger partial charge in [-0.1, -0.05) is 23.7 Å². The normalized spacial score (nSPS) is 18.1. The molecule has 1 aromatic carbocycles. The summed E-state index contributed by atoms with van der Waals surface area (Å²) >= 11 is 5.89. The van der Waals surface area contributed by atoms with Gasteiger partial charge < -0.3 is 15.5 Å². The number of nitrogens with zero attached hydrogens (tertiary/aromatic N) is 2. The lowest BCUT2D eigenvalue weighted by Crippen LogP contribution is -2.42. The summed E-state index contributed by atoms with van der Waals surface area (Å²) in [5.74, 6) is 0. The number of rotatable bonds is 5. The second kappa shape index (κ2) is 7.25. The maximum absolute atomic E-state index is 5.92. The SMILES string of the molecule is CN(CCN1CCC(N)CC1)Cc1ccc(Cl)cc1. The molecule has 19 heavy (non-hydrogen) atoms. The van der Waals surface area contributed by atoms with Gasteiger partial charge in [-0.25, -0.2) is 0 Å². The van der Waals surface area contributed by atoms with E-state index in [1.54, 1.807) is 0 Å². The summed E-state index contributed by atoms with van der Waals surface area (Å²) in [7, 11) is 2.17. The van der Waals surface area contributed by atoms with Crippen molar-refractivity contribution in [3.05, 3.63) is 34.9 Å². The van der Waals surface area contributed by atoms with Gasteiger partial charge in [0.2, 0.25) is 0 Å². The van der Waals surface area contributed by atoms with E-state index in [1.807, 2.05) is 12.1 Å². The average Bonchev–Trinajstić information content (AvgIpc) is 2.41. The second-order valence-corrected chi connectivity index (χ2v) is 5.98. The Morgan fingerprint density at radius 3 is 2.53 bits per heavy atom. The average molecular weight is 282 g/mol. The molecule has 1 heterocycles. The number of likely N-dealkylation sites (N-methyl/N-ethyl adjacent to an activating group) is 1. The molecule has 0 aromatic heterocycles. The molecule has 3 nitrogen and oxygen atoms in total. The first kappa shape index (κ1) is 14.8. The smallest absolute Gasteiger partial charge is 0.0406 e. The predicted molar refractivity (Wildman–Crippen MR) is 81.4 cm³/mol. The van der Waals surface area contributed by atoms with E-state index in [4.69, 9.17) is 17.3 Å². The Balaban J connectivity index is 1.69. The van der Waals surface area contributed by atoms with Crippen LogP contribution in [0.15, 0.2) is 24.3 Å². The van der Waals surface area contributed by atoms with Crippen LogP contribution in [0.1, 0.15) is 18.4 Å². The topological polar surface area (TPSA) is 32.5 Å². The molecular weight excluding hydrogens is 258 g/mol. The Hall–Kier alpha value is -0.610. The van der Waals surface area contributed by atoms with Gasteiger partial charge in [-0.05, 0) is 50.7 Å². The third kappa shape index (κ3) is 5.11. The molecule has 0 aliphatic carbocycles. The largest absolute Gasteiger partial charge is 0.328 e. The Morgan fingerprint density at radius 2 is 1.89 bits per heavy atom. The van der Waals surface area contributed by atoms with E-state index in [0.29, 0.717) is 6.04 Å². The Morgan fingerprint density at radius 1 is 1.26 bits per heavy atom. The minimum absolute atomic E-state index is 0.419. The first-order chi connectivity index (χ1) is 9.13. The van der Waals surface area contributed by atoms with Crippen LogP contribution in [0.2, 0.25) is 5.02 Å². The molecular formula is C15H24ClN3. The summed E-state index contributed by atoms with van der Waals surface area (Å²) in [5, 5.41) is 0.802. The van der Waals surface area contributed by atoms with Crippen molar-refractivity contribution in [3.63, 3.8) is 0 Å². The van der Waals surface area contributed by atoms with E-state index in [9.17, 15) is 0 Å². The Bertz CT molecular complexity index is 371. The van der Waals surface area contributed by atoms with E-state index in [2.05, 4.69) is 29.0 Å². The molecule has 0 spiro atoms. The molecule has 2 N–H and O–H groups in total. The van der Waals surface area contributed by atoms with Crippen LogP contribution in [0.5, 0.6) is 0 Å². The van der Waals surface area contributed by atoms with Gasteiger partial charge in [0, 0.05) is 30.7 Å². The van der Waals surface area contributed by atoms with E-state index < -0.39 is 0 Å². The number of likely N-dealkylation sites (tertiary alicyclic amines) is 1. The molecule has 0 unspecified atom stereocenters. The molecule has 0 bridgehead atoms. The maximum atomic E-state index is 5.92. The molecule has 0 radical (unpaired) electrons. The summed E-state index contributed by atoms with van der Waals surface area (Å²) in [6.45, 7) is 5.51. The first-order valence-electron chi connectivity index (χ1n) is 7.04. The molecule has 1 aliphatic rings. The number of nitrogens with two attached hydrogens (primary N) is 1. The van der Waals surface area contributed by atoms with Gasteiger partial charge in [-0.3, -0.25) is 0 Å². The number of hydrogen-bond donors (Lipinski definition) is 1. The quantitative estimate of drug-likeness (QED) is 0.898. The number of piperidine rings is 1. The molecule has 0 saturated carbocycles. The first-order valence-corrected chi connectivity index (χ1v) is 7.42. The zero-order chi connectivity index (χ0) is 13.7. The molecule has 1 fully saturated rings. The summed E-state index contributed by atoms with van der Waals surface area (Å²) in [4.78, 5) is 4.87. The number of benzene rings is 1. The fourth-order valence-corrected chi connectivity index (χ4v) is 2.60. The zero-order valence-electron chi connectivity index (χ0n) is 11.7. The van der Waals surface area contributed by atoms with Crippen LogP contribution in [0.4, 0.5) is 0 Å². The lowest BCUT2D eigenvalue weighted by molar-refractivity contribution is 0.183. The minimum Gasteiger partial charge on any atom is -0.328 e. The molecule has 1 aromatic rings. The van der Waals surface area contributed by atoms with Gasteiger partial charge in [-0.2, -0.15) is 0 Å². The fraction of sp³-hybridized carbons (Fsp3) is 0.600. The molecule has 2 rings (SSSR count). The van der Waals surface area contributed by atoms with Crippen molar-refractivity contribution in [1.82, 2.24) is 9.80 Å². The highest BCUT2D eigenvalue weighted by molar-refractivity contribution is 6.30. The van der Waals surface area contributed by atoms with Crippen molar-refractivity contribution in [2.45, 2.75) is 25.4 Å². The van der Waals surface area contributed by atoms with Crippen LogP contribution in [-0.2, 0) is 6.54 Å². The summed E-state index contributed by atoms with van der Waals surface area (Å²) in [6.07, 6.45) is 2.28.